The fourth-order valence-electron chi connectivity index (χ4n) is 3.48. The number of anilines is 1. The molecule has 6 heteroatoms. The van der Waals surface area contributed by atoms with E-state index in [0.29, 0.717) is 23.5 Å². The van der Waals surface area contributed by atoms with Gasteiger partial charge in [-0.25, -0.2) is 8.78 Å². The minimum absolute atomic E-state index is 0.0325. The lowest BCUT2D eigenvalue weighted by molar-refractivity contribution is 0.138. The molecule has 2 heterocycles. The predicted molar refractivity (Wildman–Crippen MR) is 90.2 cm³/mol. The number of alkyl halides is 2. The van der Waals surface area contributed by atoms with Gasteiger partial charge >= 0.3 is 0 Å². The third-order valence-corrected chi connectivity index (χ3v) is 4.43. The lowest BCUT2D eigenvalue weighted by Crippen LogP contribution is -2.49. The molecule has 4 nitrogen and oxygen atoms in total. The van der Waals surface area contributed by atoms with Crippen LogP contribution in [0.3, 0.4) is 0 Å². The highest BCUT2D eigenvalue weighted by atomic mass is 19.3. The Morgan fingerprint density at radius 2 is 2.21 bits per heavy atom. The van der Waals surface area contributed by atoms with Crippen molar-refractivity contribution in [2.75, 3.05) is 24.5 Å². The van der Waals surface area contributed by atoms with Gasteiger partial charge in [-0.2, -0.15) is 5.26 Å². The summed E-state index contributed by atoms with van der Waals surface area (Å²) in [5.74, 6) is 0.399. The van der Waals surface area contributed by atoms with Crippen molar-refractivity contribution in [3.8, 4) is 6.07 Å². The third kappa shape index (κ3) is 3.46. The number of halogens is 2. The van der Waals surface area contributed by atoms with Crippen LogP contribution in [-0.2, 0) is 0 Å². The molecule has 1 N–H and O–H groups in total. The maximum absolute atomic E-state index is 12.5. The molecule has 0 radical (unpaired) electrons. The van der Waals surface area contributed by atoms with E-state index in [9.17, 15) is 14.0 Å². The molecule has 1 aliphatic rings. The number of nitrogens with zero attached hydrogens (tertiary/aromatic N) is 3. The molecule has 1 saturated heterocycles. The smallest absolute Gasteiger partial charge is 0.250 e. The Morgan fingerprint density at radius 3 is 2.96 bits per heavy atom. The second-order valence-corrected chi connectivity index (χ2v) is 6.39. The van der Waals surface area contributed by atoms with Crippen LogP contribution in [0.15, 0.2) is 30.5 Å². The highest BCUT2D eigenvalue weighted by Crippen LogP contribution is 2.31. The number of aromatic nitrogens is 1. The maximum atomic E-state index is 12.5. The van der Waals surface area contributed by atoms with Gasteiger partial charge in [0.05, 0.1) is 17.6 Å². The van der Waals surface area contributed by atoms with Gasteiger partial charge in [-0.3, -0.25) is 4.98 Å². The Bertz CT molecular complexity index is 756. The van der Waals surface area contributed by atoms with Gasteiger partial charge in [0.1, 0.15) is 6.07 Å². The average molecular weight is 330 g/mol. The van der Waals surface area contributed by atoms with E-state index in [1.807, 2.05) is 18.2 Å². The molecule has 0 amide bonds. The van der Waals surface area contributed by atoms with E-state index >= 15 is 0 Å². The largest absolute Gasteiger partial charge is 0.369 e. The van der Waals surface area contributed by atoms with Crippen molar-refractivity contribution in [3.63, 3.8) is 0 Å². The Balaban J connectivity index is 1.90. The number of nitrogens with one attached hydrogen (secondary N) is 1. The van der Waals surface area contributed by atoms with Crippen LogP contribution >= 0.6 is 0 Å². The number of hydrogen-bond donors (Lipinski definition) is 1. The van der Waals surface area contributed by atoms with Gasteiger partial charge in [0.15, 0.2) is 0 Å². The summed E-state index contributed by atoms with van der Waals surface area (Å²) < 4.78 is 25.0. The van der Waals surface area contributed by atoms with Gasteiger partial charge in [-0.15, -0.1) is 0 Å². The first kappa shape index (κ1) is 16.6. The van der Waals surface area contributed by atoms with Crippen LogP contribution in [0.5, 0.6) is 0 Å². The van der Waals surface area contributed by atoms with E-state index < -0.39 is 6.43 Å². The van der Waals surface area contributed by atoms with E-state index in [1.165, 1.54) is 0 Å². The van der Waals surface area contributed by atoms with Gasteiger partial charge in [0.25, 0.3) is 6.43 Å². The van der Waals surface area contributed by atoms with Crippen molar-refractivity contribution < 1.29 is 8.78 Å². The van der Waals surface area contributed by atoms with Crippen LogP contribution in [0.4, 0.5) is 14.5 Å². The molecule has 1 aliphatic heterocycles. The lowest BCUT2D eigenvalue weighted by Gasteiger charge is -2.39. The molecule has 0 spiro atoms. The first-order valence-electron chi connectivity index (χ1n) is 8.12. The predicted octanol–water partition coefficient (Wildman–Crippen LogP) is 3.18. The van der Waals surface area contributed by atoms with Crippen molar-refractivity contribution in [1.82, 2.24) is 10.3 Å². The number of hydrogen-bond acceptors (Lipinski definition) is 4. The zero-order chi connectivity index (χ0) is 17.1. The van der Waals surface area contributed by atoms with Crippen LogP contribution < -0.4 is 10.2 Å². The third-order valence-electron chi connectivity index (χ3n) is 4.43. The van der Waals surface area contributed by atoms with Crippen molar-refractivity contribution in [1.29, 1.82) is 5.26 Å². The molecule has 3 rings (SSSR count). The fourth-order valence-corrected chi connectivity index (χ4v) is 3.48. The first-order chi connectivity index (χ1) is 11.6. The number of benzene rings is 1. The number of pyridine rings is 1. The maximum Gasteiger partial charge on any atom is 0.250 e. The van der Waals surface area contributed by atoms with E-state index in [1.54, 1.807) is 12.3 Å². The lowest BCUT2D eigenvalue weighted by atomic mass is 9.94. The summed E-state index contributed by atoms with van der Waals surface area (Å²) in [6, 6.07) is 9.74. The number of piperidine rings is 1. The molecule has 0 bridgehead atoms. The number of fused-ring (bicyclic) bond motifs is 1. The van der Waals surface area contributed by atoms with Gasteiger partial charge in [-0.1, -0.05) is 6.92 Å². The van der Waals surface area contributed by atoms with Gasteiger partial charge in [-0.05, 0) is 36.6 Å². The van der Waals surface area contributed by atoms with Crippen LogP contribution in [0, 0.1) is 17.2 Å². The molecule has 0 unspecified atom stereocenters. The SMILES string of the molecule is C[C@H]1C[C@@H](NCC(F)F)CN(c2ccc(C#N)c3ncccc23)C1. The number of rotatable bonds is 4. The summed E-state index contributed by atoms with van der Waals surface area (Å²) in [7, 11) is 0. The van der Waals surface area contributed by atoms with Crippen molar-refractivity contribution in [2.45, 2.75) is 25.8 Å². The molecule has 2 aromatic rings. The zero-order valence-electron chi connectivity index (χ0n) is 13.5. The highest BCUT2D eigenvalue weighted by molar-refractivity contribution is 5.95. The molecule has 1 aromatic heterocycles. The molecule has 2 atom stereocenters. The van der Waals surface area contributed by atoms with Crippen molar-refractivity contribution in [2.24, 2.45) is 5.92 Å². The van der Waals surface area contributed by atoms with Crippen molar-refractivity contribution in [3.05, 3.63) is 36.0 Å². The average Bonchev–Trinajstić information content (AvgIpc) is 2.58. The minimum atomic E-state index is -2.34. The monoisotopic (exact) mass is 330 g/mol. The van der Waals surface area contributed by atoms with Crippen molar-refractivity contribution >= 4 is 16.6 Å². The molecule has 1 fully saturated rings. The summed E-state index contributed by atoms with van der Waals surface area (Å²) in [5.41, 5.74) is 2.24. The minimum Gasteiger partial charge on any atom is -0.369 e. The molecule has 24 heavy (non-hydrogen) atoms. The van der Waals surface area contributed by atoms with E-state index in [-0.39, 0.29) is 12.6 Å². The quantitative estimate of drug-likeness (QED) is 0.935. The zero-order valence-corrected chi connectivity index (χ0v) is 13.5. The van der Waals surface area contributed by atoms with Crippen LogP contribution in [0.1, 0.15) is 18.9 Å². The number of nitriles is 1. The topological polar surface area (TPSA) is 52.0 Å². The molecule has 0 saturated carbocycles. The molecular weight excluding hydrogens is 310 g/mol. The van der Waals surface area contributed by atoms with E-state index in [4.69, 9.17) is 0 Å². The molecule has 1 aromatic carbocycles. The van der Waals surface area contributed by atoms with Gasteiger partial charge in [0.2, 0.25) is 0 Å². The van der Waals surface area contributed by atoms with Crippen LogP contribution in [-0.4, -0.2) is 37.1 Å². The molecular formula is C18H20F2N4. The van der Waals surface area contributed by atoms with E-state index in [0.717, 1.165) is 24.0 Å². The highest BCUT2D eigenvalue weighted by Gasteiger charge is 2.26. The summed E-state index contributed by atoms with van der Waals surface area (Å²) >= 11 is 0. The Hall–Kier alpha value is -2.26. The Labute approximate surface area is 140 Å². The second-order valence-electron chi connectivity index (χ2n) is 6.39. The first-order valence-corrected chi connectivity index (χ1v) is 8.12. The summed E-state index contributed by atoms with van der Waals surface area (Å²) in [6.45, 7) is 3.39. The summed E-state index contributed by atoms with van der Waals surface area (Å²) in [6.07, 6.45) is 0.227. The Morgan fingerprint density at radius 1 is 1.38 bits per heavy atom. The van der Waals surface area contributed by atoms with Gasteiger partial charge in [0, 0.05) is 36.4 Å². The Kier molecular flexibility index (Phi) is 4.91. The normalized spacial score (nSPS) is 21.2. The molecule has 0 aliphatic carbocycles. The fraction of sp³-hybridized carbons (Fsp3) is 0.444. The molecule has 126 valence electrons. The standard InChI is InChI=1S/C18H20F2N4/c1-12-7-14(23-9-17(19)20)11-24(10-12)16-5-4-13(8-21)18-15(16)3-2-6-22-18/h2-6,12,14,17,23H,7,9-11H2,1H3/t12-,14+/m0/s1. The summed E-state index contributed by atoms with van der Waals surface area (Å²) in [5, 5.41) is 13.1. The van der Waals surface area contributed by atoms with Crippen LogP contribution in [0.25, 0.3) is 10.9 Å². The second kappa shape index (κ2) is 7.10. The van der Waals surface area contributed by atoms with Gasteiger partial charge < -0.3 is 10.2 Å². The summed E-state index contributed by atoms with van der Waals surface area (Å²) in [4.78, 5) is 6.55. The van der Waals surface area contributed by atoms with Crippen LogP contribution in [0.2, 0.25) is 0 Å². The van der Waals surface area contributed by atoms with E-state index in [2.05, 4.69) is 28.2 Å².